The fourth-order valence-corrected chi connectivity index (χ4v) is 6.42. The lowest BCUT2D eigenvalue weighted by molar-refractivity contribution is -0.132. The van der Waals surface area contributed by atoms with E-state index >= 15 is 0 Å². The minimum absolute atomic E-state index is 0.00652. The number of rotatable bonds is 12. The van der Waals surface area contributed by atoms with Gasteiger partial charge in [0.25, 0.3) is 0 Å². The molecule has 5 heteroatoms. The fourth-order valence-electron chi connectivity index (χ4n) is 6.42. The van der Waals surface area contributed by atoms with Crippen LogP contribution in [0.2, 0.25) is 0 Å². The molecule has 1 saturated carbocycles. The molecule has 3 atom stereocenters. The highest BCUT2D eigenvalue weighted by Gasteiger charge is 2.34. The largest absolute Gasteiger partial charge is 0.382 e. The first-order valence-corrected chi connectivity index (χ1v) is 15.7. The van der Waals surface area contributed by atoms with Crippen LogP contribution in [0.4, 0.5) is 0 Å². The second-order valence-electron chi connectivity index (χ2n) is 12.6. The van der Waals surface area contributed by atoms with E-state index in [0.29, 0.717) is 18.9 Å². The third kappa shape index (κ3) is 8.54. The summed E-state index contributed by atoms with van der Waals surface area (Å²) in [5.74, 6) is 0.201. The Morgan fingerprint density at radius 1 is 1.07 bits per heavy atom. The van der Waals surface area contributed by atoms with Crippen molar-refractivity contribution in [2.75, 3.05) is 19.6 Å². The molecule has 1 aliphatic heterocycles. The van der Waals surface area contributed by atoms with Crippen LogP contribution >= 0.6 is 0 Å². The molecule has 2 aromatic carbocycles. The van der Waals surface area contributed by atoms with Crippen LogP contribution in [-0.4, -0.2) is 48.3 Å². The molecular weight excluding hydrogens is 518 g/mol. The van der Waals surface area contributed by atoms with Crippen LogP contribution in [0.15, 0.2) is 85.0 Å². The van der Waals surface area contributed by atoms with Crippen molar-refractivity contribution in [2.45, 2.75) is 77.8 Å². The Bertz CT molecular complexity index is 1340. The molecule has 42 heavy (non-hydrogen) atoms. The molecule has 2 aliphatic rings. The summed E-state index contributed by atoms with van der Waals surface area (Å²) in [4.78, 5) is 29.7. The number of nitrogens with zero attached hydrogens (tertiary/aromatic N) is 1. The molecule has 2 aromatic rings. The van der Waals surface area contributed by atoms with Gasteiger partial charge in [-0.3, -0.25) is 14.5 Å². The van der Waals surface area contributed by atoms with Crippen LogP contribution in [0.1, 0.15) is 71.3 Å². The number of Topliss-reactive ketones (excluding diaryl/α,β-unsaturated/α-hetero) is 1. The number of nitrogens with one attached hydrogen (secondary N) is 2. The van der Waals surface area contributed by atoms with Crippen LogP contribution in [0.25, 0.3) is 16.5 Å². The van der Waals surface area contributed by atoms with E-state index < -0.39 is 6.04 Å². The van der Waals surface area contributed by atoms with Gasteiger partial charge in [0.1, 0.15) is 0 Å². The maximum atomic E-state index is 13.8. The third-order valence-corrected chi connectivity index (χ3v) is 8.71. The zero-order valence-electron chi connectivity index (χ0n) is 25.8. The van der Waals surface area contributed by atoms with E-state index in [1.54, 1.807) is 6.08 Å². The van der Waals surface area contributed by atoms with Gasteiger partial charge in [-0.15, -0.1) is 0 Å². The van der Waals surface area contributed by atoms with E-state index in [9.17, 15) is 9.59 Å². The molecule has 0 radical (unpaired) electrons. The summed E-state index contributed by atoms with van der Waals surface area (Å²) in [7, 11) is 0. The third-order valence-electron chi connectivity index (χ3n) is 8.71. The molecule has 1 aliphatic carbocycles. The number of allylic oxidation sites excluding steroid dienone is 4. The Hall–Kier alpha value is -3.44. The van der Waals surface area contributed by atoms with Gasteiger partial charge in [-0.1, -0.05) is 100 Å². The van der Waals surface area contributed by atoms with E-state index in [0.717, 1.165) is 62.9 Å². The molecule has 2 N–H and O–H groups in total. The van der Waals surface area contributed by atoms with Crippen molar-refractivity contribution in [3.8, 4) is 0 Å². The van der Waals surface area contributed by atoms with Gasteiger partial charge in [0.2, 0.25) is 5.91 Å². The minimum atomic E-state index is -0.476. The van der Waals surface area contributed by atoms with Crippen molar-refractivity contribution in [3.05, 3.63) is 90.6 Å². The molecular formula is C37H49N3O2. The number of amides is 1. The molecule has 5 nitrogen and oxygen atoms in total. The summed E-state index contributed by atoms with van der Waals surface area (Å²) in [6, 6.07) is 14.2. The van der Waals surface area contributed by atoms with Crippen molar-refractivity contribution < 1.29 is 9.59 Å². The van der Waals surface area contributed by atoms with Gasteiger partial charge < -0.3 is 10.6 Å². The normalized spacial score (nSPS) is 20.9. The van der Waals surface area contributed by atoms with Gasteiger partial charge in [0.15, 0.2) is 5.78 Å². The van der Waals surface area contributed by atoms with Crippen LogP contribution in [0, 0.1) is 11.8 Å². The van der Waals surface area contributed by atoms with Crippen molar-refractivity contribution in [2.24, 2.45) is 11.8 Å². The summed E-state index contributed by atoms with van der Waals surface area (Å²) in [6.45, 7) is 16.5. The van der Waals surface area contributed by atoms with Crippen LogP contribution < -0.4 is 10.6 Å². The molecule has 0 saturated heterocycles. The fraction of sp³-hybridized carbons (Fsp3) is 0.459. The van der Waals surface area contributed by atoms with Gasteiger partial charge in [-0.25, -0.2) is 0 Å². The summed E-state index contributed by atoms with van der Waals surface area (Å²) >= 11 is 0. The van der Waals surface area contributed by atoms with E-state index in [-0.39, 0.29) is 23.7 Å². The average Bonchev–Trinajstić information content (AvgIpc) is 3.15. The Balaban J connectivity index is 1.41. The highest BCUT2D eigenvalue weighted by molar-refractivity contribution is 5.91. The predicted octanol–water partition coefficient (Wildman–Crippen LogP) is 7.21. The van der Waals surface area contributed by atoms with Gasteiger partial charge >= 0.3 is 0 Å². The summed E-state index contributed by atoms with van der Waals surface area (Å²) in [6.07, 6.45) is 12.4. The Morgan fingerprint density at radius 2 is 1.83 bits per heavy atom. The van der Waals surface area contributed by atoms with Crippen LogP contribution in [-0.2, 0) is 9.59 Å². The molecule has 0 spiro atoms. The Kier molecular flexibility index (Phi) is 11.4. The highest BCUT2D eigenvalue weighted by atomic mass is 16.2. The molecule has 1 amide bonds. The maximum Gasteiger partial charge on any atom is 0.225 e. The quantitative estimate of drug-likeness (QED) is 0.266. The predicted molar refractivity (Wildman–Crippen MR) is 176 cm³/mol. The van der Waals surface area contributed by atoms with Crippen LogP contribution in [0.5, 0.6) is 0 Å². The van der Waals surface area contributed by atoms with E-state index in [1.807, 2.05) is 18.2 Å². The summed E-state index contributed by atoms with van der Waals surface area (Å²) in [5.41, 5.74) is 4.51. The second kappa shape index (κ2) is 15.2. The van der Waals surface area contributed by atoms with Crippen molar-refractivity contribution in [1.29, 1.82) is 0 Å². The molecule has 224 valence electrons. The molecule has 0 unspecified atom stereocenters. The molecule has 1 heterocycles. The zero-order chi connectivity index (χ0) is 30.1. The number of carbonyl (C=O) groups excluding carboxylic acids is 2. The summed E-state index contributed by atoms with van der Waals surface area (Å²) in [5, 5.41) is 9.19. The number of benzene rings is 2. The standard InChI is InChI=1S/C37H49N3O2/c1-6-7-13-29-16-12-21-40(24-27(29)4)25-36(41)35(22-26(2)3)39-37(42)33-17-10-11-18-34(33)38-28(5)31-20-19-30-14-8-9-15-32(30)23-31/h6-9,13-15,19-20,23,26,33-35,38H,1,5,10-12,16-18,21-22,24-25H2,2-4H3,(H,39,42)/b13-7-/t33-,34+,35+/m1/s1. The van der Waals surface area contributed by atoms with Gasteiger partial charge in [-0.05, 0) is 79.5 Å². The number of ketones is 1. The van der Waals surface area contributed by atoms with Gasteiger partial charge in [0.05, 0.1) is 18.5 Å². The average molecular weight is 568 g/mol. The first-order chi connectivity index (χ1) is 20.2. The minimum Gasteiger partial charge on any atom is -0.382 e. The topological polar surface area (TPSA) is 61.4 Å². The lowest BCUT2D eigenvalue weighted by Gasteiger charge is -2.34. The number of fused-ring (bicyclic) bond motifs is 1. The van der Waals surface area contributed by atoms with Crippen molar-refractivity contribution >= 4 is 28.2 Å². The number of carbonyl (C=O) groups is 2. The lowest BCUT2D eigenvalue weighted by atomic mass is 9.83. The first-order valence-electron chi connectivity index (χ1n) is 15.7. The highest BCUT2D eigenvalue weighted by Crippen LogP contribution is 2.28. The van der Waals surface area contributed by atoms with Crippen LogP contribution in [0.3, 0.4) is 0 Å². The lowest BCUT2D eigenvalue weighted by Crippen LogP contribution is -2.52. The monoisotopic (exact) mass is 567 g/mol. The van der Waals surface area contributed by atoms with Crippen molar-refractivity contribution in [3.63, 3.8) is 0 Å². The number of hydrogen-bond donors (Lipinski definition) is 2. The Labute approximate surface area is 252 Å². The molecule has 1 fully saturated rings. The summed E-state index contributed by atoms with van der Waals surface area (Å²) < 4.78 is 0. The second-order valence-corrected chi connectivity index (χ2v) is 12.6. The van der Waals surface area contributed by atoms with Gasteiger partial charge in [0, 0.05) is 18.3 Å². The van der Waals surface area contributed by atoms with E-state index in [4.69, 9.17) is 0 Å². The zero-order valence-corrected chi connectivity index (χ0v) is 25.8. The van der Waals surface area contributed by atoms with Gasteiger partial charge in [-0.2, -0.15) is 0 Å². The van der Waals surface area contributed by atoms with E-state index in [1.165, 1.54) is 21.9 Å². The van der Waals surface area contributed by atoms with Crippen molar-refractivity contribution in [1.82, 2.24) is 15.5 Å². The SMILES string of the molecule is C=C/C=C\C1=C(C)CN(CC(=O)[C@H](CC(C)C)NC(=O)[C@@H]2CCCC[C@@H]2NC(=C)c2ccc3ccccc3c2)CCC1. The molecule has 0 bridgehead atoms. The number of hydrogen-bond acceptors (Lipinski definition) is 4. The Morgan fingerprint density at radius 3 is 2.60 bits per heavy atom. The first kappa shape index (κ1) is 31.5. The maximum absolute atomic E-state index is 13.8. The molecule has 0 aromatic heterocycles. The smallest absolute Gasteiger partial charge is 0.225 e. The molecule has 4 rings (SSSR count). The van der Waals surface area contributed by atoms with E-state index in [2.05, 4.69) is 85.9 Å².